The predicted molar refractivity (Wildman–Crippen MR) is 100 cm³/mol. The number of nitrogens with one attached hydrogen (secondary N) is 1. The Bertz CT molecular complexity index is 646. The van der Waals surface area contributed by atoms with E-state index in [4.69, 9.17) is 5.73 Å². The van der Waals surface area contributed by atoms with Crippen LogP contribution in [0.4, 0.5) is 0 Å². The van der Waals surface area contributed by atoms with Crippen molar-refractivity contribution in [3.05, 3.63) is 70.8 Å². The molecule has 0 amide bonds. The third-order valence-electron chi connectivity index (χ3n) is 6.15. The lowest BCUT2D eigenvalue weighted by Gasteiger charge is -2.44. The van der Waals surface area contributed by atoms with Crippen molar-refractivity contribution in [3.8, 4) is 0 Å². The quantitative estimate of drug-likeness (QED) is 0.881. The minimum atomic E-state index is -0.0991. The van der Waals surface area contributed by atoms with E-state index in [1.54, 1.807) is 0 Å². The topological polar surface area (TPSA) is 38.0 Å². The molecule has 0 spiro atoms. The van der Waals surface area contributed by atoms with Crippen LogP contribution in [0, 0.1) is 19.8 Å². The van der Waals surface area contributed by atoms with E-state index in [-0.39, 0.29) is 5.54 Å². The van der Waals surface area contributed by atoms with E-state index >= 15 is 0 Å². The number of fused-ring (bicyclic) bond motifs is 4. The van der Waals surface area contributed by atoms with E-state index in [0.717, 1.165) is 25.9 Å². The van der Waals surface area contributed by atoms with Gasteiger partial charge in [-0.15, -0.1) is 0 Å². The van der Waals surface area contributed by atoms with Gasteiger partial charge in [0.25, 0.3) is 0 Å². The van der Waals surface area contributed by atoms with Crippen molar-refractivity contribution in [3.63, 3.8) is 0 Å². The fraction of sp³-hybridized carbons (Fsp3) is 0.455. The summed E-state index contributed by atoms with van der Waals surface area (Å²) >= 11 is 0. The largest absolute Gasteiger partial charge is 0.324 e. The first-order valence-corrected chi connectivity index (χ1v) is 9.17. The van der Waals surface area contributed by atoms with Gasteiger partial charge in [0.2, 0.25) is 0 Å². The molecular weight excluding hydrogens is 292 g/mol. The van der Waals surface area contributed by atoms with Gasteiger partial charge in [0, 0.05) is 12.1 Å². The summed E-state index contributed by atoms with van der Waals surface area (Å²) in [6.45, 7) is 6.32. The molecule has 5 rings (SSSR count). The molecule has 2 atom stereocenters. The van der Waals surface area contributed by atoms with Crippen molar-refractivity contribution < 1.29 is 0 Å². The lowest BCUT2D eigenvalue weighted by molar-refractivity contribution is 0.210. The first kappa shape index (κ1) is 15.9. The molecule has 126 valence electrons. The minimum absolute atomic E-state index is 0.0991. The molecule has 3 aliphatic rings. The lowest BCUT2D eigenvalue weighted by Crippen LogP contribution is -2.50. The van der Waals surface area contributed by atoms with E-state index < -0.39 is 0 Å². The third-order valence-corrected chi connectivity index (χ3v) is 6.15. The average Bonchev–Trinajstić information content (AvgIpc) is 2.84. The highest BCUT2D eigenvalue weighted by Gasteiger charge is 2.47. The molecule has 2 heterocycles. The molecule has 1 aliphatic carbocycles. The standard InChI is InChI=1S/C22H28N2/c1-15-3-7-17(8-4-15)19-11-22(23)12-20(21(19)13-24-14-22)18-9-5-16(2)6-10-18/h3-10,19-21,24H,11-14,23H2,1-2H3. The highest BCUT2D eigenvalue weighted by atomic mass is 15.0. The Labute approximate surface area is 145 Å². The van der Waals surface area contributed by atoms with Crippen LogP contribution in [0.3, 0.4) is 0 Å². The Morgan fingerprint density at radius 2 is 1.29 bits per heavy atom. The first-order valence-electron chi connectivity index (χ1n) is 9.17. The fourth-order valence-corrected chi connectivity index (χ4v) is 4.82. The summed E-state index contributed by atoms with van der Waals surface area (Å²) in [7, 11) is 0. The fourth-order valence-electron chi connectivity index (χ4n) is 4.82. The molecule has 2 aromatic carbocycles. The van der Waals surface area contributed by atoms with Crippen LogP contribution in [-0.4, -0.2) is 18.6 Å². The van der Waals surface area contributed by atoms with Gasteiger partial charge in [-0.25, -0.2) is 0 Å². The monoisotopic (exact) mass is 320 g/mol. The van der Waals surface area contributed by atoms with Crippen LogP contribution < -0.4 is 11.1 Å². The van der Waals surface area contributed by atoms with Crippen LogP contribution in [0.15, 0.2) is 48.5 Å². The maximum absolute atomic E-state index is 6.85. The normalized spacial score (nSPS) is 32.5. The zero-order valence-electron chi connectivity index (χ0n) is 14.8. The molecule has 24 heavy (non-hydrogen) atoms. The van der Waals surface area contributed by atoms with Gasteiger partial charge in [-0.3, -0.25) is 0 Å². The zero-order valence-corrected chi connectivity index (χ0v) is 14.8. The van der Waals surface area contributed by atoms with E-state index in [1.165, 1.54) is 22.3 Å². The molecule has 2 saturated heterocycles. The van der Waals surface area contributed by atoms with Crippen LogP contribution in [0.25, 0.3) is 0 Å². The predicted octanol–water partition coefficient (Wildman–Crippen LogP) is 3.88. The second-order valence-electron chi connectivity index (χ2n) is 8.10. The van der Waals surface area contributed by atoms with Gasteiger partial charge in [0.1, 0.15) is 0 Å². The lowest BCUT2D eigenvalue weighted by atomic mass is 9.62. The van der Waals surface area contributed by atoms with Gasteiger partial charge < -0.3 is 11.1 Å². The summed E-state index contributed by atoms with van der Waals surface area (Å²) < 4.78 is 0. The van der Waals surface area contributed by atoms with Crippen molar-refractivity contribution in [1.82, 2.24) is 5.32 Å². The van der Waals surface area contributed by atoms with Crippen molar-refractivity contribution in [2.75, 3.05) is 13.1 Å². The Kier molecular flexibility index (Phi) is 3.98. The highest BCUT2D eigenvalue weighted by molar-refractivity contribution is 5.33. The molecule has 2 aromatic rings. The Hall–Kier alpha value is -1.64. The van der Waals surface area contributed by atoms with Crippen molar-refractivity contribution in [1.29, 1.82) is 0 Å². The van der Waals surface area contributed by atoms with Crippen LogP contribution >= 0.6 is 0 Å². The van der Waals surface area contributed by atoms with Crippen LogP contribution in [0.2, 0.25) is 0 Å². The number of aryl methyl sites for hydroxylation is 2. The Balaban J connectivity index is 1.73. The molecule has 2 aliphatic heterocycles. The van der Waals surface area contributed by atoms with Crippen LogP contribution in [0.5, 0.6) is 0 Å². The molecule has 2 heteroatoms. The minimum Gasteiger partial charge on any atom is -0.324 e. The molecule has 2 bridgehead atoms. The maximum Gasteiger partial charge on any atom is 0.0292 e. The third kappa shape index (κ3) is 2.89. The average molecular weight is 320 g/mol. The Morgan fingerprint density at radius 1 is 0.833 bits per heavy atom. The number of hydrogen-bond donors (Lipinski definition) is 2. The summed E-state index contributed by atoms with van der Waals surface area (Å²) in [5.41, 5.74) is 12.3. The van der Waals surface area contributed by atoms with E-state index in [1.807, 2.05) is 0 Å². The zero-order chi connectivity index (χ0) is 16.7. The SMILES string of the molecule is Cc1ccc(C2CC3(N)CNCC2C(c2ccc(C)cc2)C3)cc1. The van der Waals surface area contributed by atoms with E-state index in [2.05, 4.69) is 67.7 Å². The summed E-state index contributed by atoms with van der Waals surface area (Å²) in [4.78, 5) is 0. The van der Waals surface area contributed by atoms with Gasteiger partial charge in [0.05, 0.1) is 0 Å². The smallest absolute Gasteiger partial charge is 0.0292 e. The second-order valence-corrected chi connectivity index (χ2v) is 8.10. The summed E-state index contributed by atoms with van der Waals surface area (Å²) in [6.07, 6.45) is 2.19. The molecule has 1 saturated carbocycles. The molecule has 2 nitrogen and oxygen atoms in total. The molecule has 0 aromatic heterocycles. The first-order chi connectivity index (χ1) is 11.5. The molecule has 0 radical (unpaired) electrons. The number of rotatable bonds is 2. The highest BCUT2D eigenvalue weighted by Crippen LogP contribution is 2.50. The summed E-state index contributed by atoms with van der Waals surface area (Å²) in [6, 6.07) is 18.2. The molecule has 3 N–H and O–H groups in total. The van der Waals surface area contributed by atoms with Crippen molar-refractivity contribution in [2.24, 2.45) is 11.7 Å². The summed E-state index contributed by atoms with van der Waals surface area (Å²) in [5.74, 6) is 1.71. The molecule has 3 fully saturated rings. The number of benzene rings is 2. The molecular formula is C22H28N2. The van der Waals surface area contributed by atoms with E-state index in [9.17, 15) is 0 Å². The van der Waals surface area contributed by atoms with Crippen molar-refractivity contribution >= 4 is 0 Å². The van der Waals surface area contributed by atoms with Gasteiger partial charge in [-0.2, -0.15) is 0 Å². The van der Waals surface area contributed by atoms with Gasteiger partial charge in [-0.1, -0.05) is 59.7 Å². The van der Waals surface area contributed by atoms with Gasteiger partial charge >= 0.3 is 0 Å². The number of hydrogen-bond acceptors (Lipinski definition) is 2. The maximum atomic E-state index is 6.85. The molecule has 2 unspecified atom stereocenters. The van der Waals surface area contributed by atoms with Crippen molar-refractivity contribution in [2.45, 2.75) is 44.1 Å². The summed E-state index contributed by atoms with van der Waals surface area (Å²) in [5, 5.41) is 3.65. The van der Waals surface area contributed by atoms with Crippen LogP contribution in [-0.2, 0) is 0 Å². The van der Waals surface area contributed by atoms with E-state index in [0.29, 0.717) is 17.8 Å². The Morgan fingerprint density at radius 3 is 1.75 bits per heavy atom. The number of nitrogens with two attached hydrogens (primary N) is 1. The van der Waals surface area contributed by atoms with Crippen LogP contribution in [0.1, 0.15) is 46.9 Å². The van der Waals surface area contributed by atoms with Gasteiger partial charge in [-0.05, 0) is 62.1 Å². The van der Waals surface area contributed by atoms with Gasteiger partial charge in [0.15, 0.2) is 0 Å². The second kappa shape index (κ2) is 6.02.